The Bertz CT molecular complexity index is 215. The number of hydrogen-bond acceptors (Lipinski definition) is 5. The van der Waals surface area contributed by atoms with Gasteiger partial charge >= 0.3 is 5.97 Å². The molecule has 0 saturated carbocycles. The van der Waals surface area contributed by atoms with Crippen LogP contribution in [0.4, 0.5) is 0 Å². The van der Waals surface area contributed by atoms with Crippen molar-refractivity contribution in [3.05, 3.63) is 0 Å². The molecule has 0 spiro atoms. The summed E-state index contributed by atoms with van der Waals surface area (Å²) in [7, 11) is 0. The van der Waals surface area contributed by atoms with E-state index < -0.39 is 18.1 Å². The van der Waals surface area contributed by atoms with Crippen LogP contribution in [-0.2, 0) is 9.59 Å². The maximum Gasteiger partial charge on any atom is 0.326 e. The van der Waals surface area contributed by atoms with E-state index in [1.807, 2.05) is 0 Å². The smallest absolute Gasteiger partial charge is 0.326 e. The molecular weight excluding hydrogens is 206 g/mol. The number of aliphatic carboxylic acids is 1. The van der Waals surface area contributed by atoms with E-state index in [0.717, 1.165) is 0 Å². The Morgan fingerprint density at radius 2 is 2.00 bits per heavy atom. The minimum absolute atomic E-state index is 0.164. The topological polar surface area (TPSA) is 127 Å². The van der Waals surface area contributed by atoms with Crippen LogP contribution in [0, 0.1) is 0 Å². The van der Waals surface area contributed by atoms with Crippen molar-refractivity contribution in [2.75, 3.05) is 13.2 Å². The molecule has 7 nitrogen and oxygen atoms in total. The number of carboxylic acids is 1. The zero-order chi connectivity index (χ0) is 11.8. The van der Waals surface area contributed by atoms with Gasteiger partial charge in [0.2, 0.25) is 5.91 Å². The first-order valence-electron chi connectivity index (χ1n) is 4.43. The average Bonchev–Trinajstić information content (AvgIpc) is 2.64. The predicted molar refractivity (Wildman–Crippen MR) is 49.0 cm³/mol. The molecule has 15 heavy (non-hydrogen) atoms. The number of hydrogen-bond donors (Lipinski definition) is 5. The zero-order valence-corrected chi connectivity index (χ0v) is 8.09. The van der Waals surface area contributed by atoms with Crippen LogP contribution in [0.3, 0.4) is 0 Å². The van der Waals surface area contributed by atoms with Crippen LogP contribution >= 0.6 is 0 Å². The standard InChI is InChI=1S/C5H7NO3.C3H8O3/c7-4-2-1-3(6-4)5(8)9;4-1-3(6)2-5/h3H,1-2H2,(H,6,7)(H,8,9);3-6H,1-2H2/t3-;/m0./s1. The Morgan fingerprint density at radius 1 is 1.47 bits per heavy atom. The summed E-state index contributed by atoms with van der Waals surface area (Å²) in [5.74, 6) is -1.11. The Morgan fingerprint density at radius 3 is 2.13 bits per heavy atom. The van der Waals surface area contributed by atoms with Gasteiger partial charge in [-0.05, 0) is 6.42 Å². The average molecular weight is 221 g/mol. The van der Waals surface area contributed by atoms with Gasteiger partial charge in [0.05, 0.1) is 13.2 Å². The van der Waals surface area contributed by atoms with Crippen LogP contribution < -0.4 is 5.32 Å². The van der Waals surface area contributed by atoms with E-state index in [9.17, 15) is 9.59 Å². The molecule has 5 N–H and O–H groups in total. The molecule has 1 heterocycles. The molecule has 88 valence electrons. The fourth-order valence-electron chi connectivity index (χ4n) is 0.857. The Kier molecular flexibility index (Phi) is 6.59. The zero-order valence-electron chi connectivity index (χ0n) is 8.09. The first-order valence-corrected chi connectivity index (χ1v) is 4.43. The van der Waals surface area contributed by atoms with E-state index in [-0.39, 0.29) is 19.1 Å². The molecule has 1 amide bonds. The number of carbonyl (C=O) groups is 2. The highest BCUT2D eigenvalue weighted by Gasteiger charge is 2.26. The van der Waals surface area contributed by atoms with E-state index in [2.05, 4.69) is 5.32 Å². The van der Waals surface area contributed by atoms with Gasteiger partial charge in [0, 0.05) is 6.42 Å². The number of carbonyl (C=O) groups excluding carboxylic acids is 1. The predicted octanol–water partition coefficient (Wildman–Crippen LogP) is -2.32. The molecule has 1 aliphatic heterocycles. The van der Waals surface area contributed by atoms with E-state index in [0.29, 0.717) is 12.8 Å². The Hall–Kier alpha value is -1.18. The minimum Gasteiger partial charge on any atom is -0.480 e. The van der Waals surface area contributed by atoms with Crippen molar-refractivity contribution in [3.63, 3.8) is 0 Å². The largest absolute Gasteiger partial charge is 0.480 e. The van der Waals surface area contributed by atoms with Crippen molar-refractivity contribution < 1.29 is 30.0 Å². The van der Waals surface area contributed by atoms with Gasteiger partial charge in [-0.15, -0.1) is 0 Å². The third-order valence-electron chi connectivity index (χ3n) is 1.71. The number of rotatable bonds is 3. The van der Waals surface area contributed by atoms with Crippen molar-refractivity contribution in [2.24, 2.45) is 0 Å². The number of nitrogens with one attached hydrogen (secondary N) is 1. The van der Waals surface area contributed by atoms with Gasteiger partial charge in [0.1, 0.15) is 12.1 Å². The van der Waals surface area contributed by atoms with Crippen LogP contribution in [-0.4, -0.2) is 57.7 Å². The molecule has 0 aromatic rings. The van der Waals surface area contributed by atoms with Crippen LogP contribution in [0.15, 0.2) is 0 Å². The monoisotopic (exact) mass is 221 g/mol. The summed E-state index contributed by atoms with van der Waals surface area (Å²) in [4.78, 5) is 20.5. The van der Waals surface area contributed by atoms with Crippen molar-refractivity contribution >= 4 is 11.9 Å². The number of carboxylic acid groups (broad SMARTS) is 1. The molecule has 0 aromatic heterocycles. The van der Waals surface area contributed by atoms with Gasteiger partial charge in [-0.3, -0.25) is 4.79 Å². The molecule has 0 aromatic carbocycles. The lowest BCUT2D eigenvalue weighted by atomic mass is 10.2. The highest BCUT2D eigenvalue weighted by atomic mass is 16.4. The normalized spacial score (nSPS) is 19.5. The van der Waals surface area contributed by atoms with E-state index in [1.165, 1.54) is 0 Å². The summed E-state index contributed by atoms with van der Waals surface area (Å²) in [5.41, 5.74) is 0. The summed E-state index contributed by atoms with van der Waals surface area (Å²) >= 11 is 0. The Balaban J connectivity index is 0.000000288. The van der Waals surface area contributed by atoms with Gasteiger partial charge in [-0.25, -0.2) is 4.79 Å². The van der Waals surface area contributed by atoms with Gasteiger partial charge in [0.15, 0.2) is 0 Å². The number of aliphatic hydroxyl groups excluding tert-OH is 3. The highest BCUT2D eigenvalue weighted by Crippen LogP contribution is 2.05. The lowest BCUT2D eigenvalue weighted by Gasteiger charge is -1.99. The fraction of sp³-hybridized carbons (Fsp3) is 0.750. The van der Waals surface area contributed by atoms with Crippen molar-refractivity contribution in [1.82, 2.24) is 5.32 Å². The van der Waals surface area contributed by atoms with Crippen LogP contribution in [0.5, 0.6) is 0 Å². The lowest BCUT2D eigenvalue weighted by Crippen LogP contribution is -2.32. The quantitative estimate of drug-likeness (QED) is 0.364. The maximum absolute atomic E-state index is 10.4. The van der Waals surface area contributed by atoms with Crippen molar-refractivity contribution in [1.29, 1.82) is 0 Å². The van der Waals surface area contributed by atoms with E-state index in [4.69, 9.17) is 20.4 Å². The number of aliphatic hydroxyl groups is 3. The second-order valence-electron chi connectivity index (χ2n) is 3.02. The van der Waals surface area contributed by atoms with Gasteiger partial charge in [-0.2, -0.15) is 0 Å². The molecule has 0 unspecified atom stereocenters. The SMILES string of the molecule is O=C1CC[C@@H](C(=O)O)N1.OCC(O)CO. The summed E-state index contributed by atoms with van der Waals surface area (Å²) < 4.78 is 0. The van der Waals surface area contributed by atoms with Crippen LogP contribution in [0.1, 0.15) is 12.8 Å². The van der Waals surface area contributed by atoms with Gasteiger partial charge < -0.3 is 25.7 Å². The first kappa shape index (κ1) is 13.8. The summed E-state index contributed by atoms with van der Waals surface area (Å²) in [5, 5.41) is 34.6. The molecule has 1 atom stereocenters. The molecule has 0 bridgehead atoms. The first-order chi connectivity index (χ1) is 7.01. The van der Waals surface area contributed by atoms with Gasteiger partial charge in [-0.1, -0.05) is 0 Å². The second kappa shape index (κ2) is 7.16. The molecule has 1 rings (SSSR count). The third-order valence-corrected chi connectivity index (χ3v) is 1.71. The molecule has 0 aliphatic carbocycles. The second-order valence-corrected chi connectivity index (χ2v) is 3.02. The number of amides is 1. The Labute approximate surface area is 86.3 Å². The summed E-state index contributed by atoms with van der Waals surface area (Å²) in [6.45, 7) is -0.729. The van der Waals surface area contributed by atoms with E-state index in [1.54, 1.807) is 0 Å². The third kappa shape index (κ3) is 6.00. The molecule has 1 saturated heterocycles. The molecular formula is C8H15NO6. The highest BCUT2D eigenvalue weighted by molar-refractivity contribution is 5.87. The molecule has 1 aliphatic rings. The maximum atomic E-state index is 10.4. The van der Waals surface area contributed by atoms with E-state index >= 15 is 0 Å². The van der Waals surface area contributed by atoms with Crippen LogP contribution in [0.25, 0.3) is 0 Å². The summed E-state index contributed by atoms with van der Waals surface area (Å²) in [6.07, 6.45) is -0.185. The van der Waals surface area contributed by atoms with Gasteiger partial charge in [0.25, 0.3) is 0 Å². The minimum atomic E-state index is -0.954. The van der Waals surface area contributed by atoms with Crippen LogP contribution in [0.2, 0.25) is 0 Å². The molecule has 7 heteroatoms. The lowest BCUT2D eigenvalue weighted by molar-refractivity contribution is -0.140. The van der Waals surface area contributed by atoms with Crippen molar-refractivity contribution in [3.8, 4) is 0 Å². The molecule has 0 radical (unpaired) electrons. The molecule has 1 fully saturated rings. The summed E-state index contributed by atoms with van der Waals surface area (Å²) in [6, 6.07) is -0.641. The fourth-order valence-corrected chi connectivity index (χ4v) is 0.857. The van der Waals surface area contributed by atoms with Crippen molar-refractivity contribution in [2.45, 2.75) is 25.0 Å².